The lowest BCUT2D eigenvalue weighted by Crippen LogP contribution is -2.28. The van der Waals surface area contributed by atoms with Crippen molar-refractivity contribution in [2.24, 2.45) is 5.16 Å². The smallest absolute Gasteiger partial charge is 0.260 e. The van der Waals surface area contributed by atoms with Crippen molar-refractivity contribution in [2.75, 3.05) is 6.61 Å². The molecular weight excluding hydrogens is 216 g/mol. The van der Waals surface area contributed by atoms with E-state index < -0.39 is 0 Å². The van der Waals surface area contributed by atoms with Crippen LogP contribution >= 0.6 is 0 Å². The third-order valence-corrected chi connectivity index (χ3v) is 2.59. The number of benzene rings is 1. The number of oxime groups is 1. The van der Waals surface area contributed by atoms with Crippen LogP contribution in [0.3, 0.4) is 0 Å². The number of hydrogen-bond acceptors (Lipinski definition) is 3. The van der Waals surface area contributed by atoms with Crippen molar-refractivity contribution in [1.82, 2.24) is 5.32 Å². The molecule has 1 N–H and O–H groups in total. The minimum Gasteiger partial charge on any atom is -0.386 e. The highest BCUT2D eigenvalue weighted by molar-refractivity contribution is 5.81. The third kappa shape index (κ3) is 3.90. The summed E-state index contributed by atoms with van der Waals surface area (Å²) in [5, 5.41) is 6.61. The van der Waals surface area contributed by atoms with Crippen LogP contribution in [-0.4, -0.2) is 24.8 Å². The van der Waals surface area contributed by atoms with Gasteiger partial charge in [-0.1, -0.05) is 29.4 Å². The van der Waals surface area contributed by atoms with Gasteiger partial charge in [-0.3, -0.25) is 4.79 Å². The normalized spacial score (nSPS) is 14.9. The molecule has 90 valence electrons. The van der Waals surface area contributed by atoms with E-state index in [-0.39, 0.29) is 12.5 Å². The summed E-state index contributed by atoms with van der Waals surface area (Å²) in [7, 11) is 0. The Kier molecular flexibility index (Phi) is 3.75. The SMILES string of the molecule is Cc1ccccc1/C=N/OCC(=O)NC1CC1. The second kappa shape index (κ2) is 5.48. The molecular formula is C13H16N2O2. The van der Waals surface area contributed by atoms with Gasteiger partial charge in [0.25, 0.3) is 5.91 Å². The van der Waals surface area contributed by atoms with Gasteiger partial charge in [-0.2, -0.15) is 0 Å². The lowest BCUT2D eigenvalue weighted by atomic mass is 10.1. The fourth-order valence-electron chi connectivity index (χ4n) is 1.42. The molecule has 1 amide bonds. The number of aryl methyl sites for hydroxylation is 1. The molecule has 0 aliphatic heterocycles. The lowest BCUT2D eigenvalue weighted by molar-refractivity contribution is -0.125. The highest BCUT2D eigenvalue weighted by Gasteiger charge is 2.23. The van der Waals surface area contributed by atoms with E-state index in [0.29, 0.717) is 6.04 Å². The van der Waals surface area contributed by atoms with E-state index in [2.05, 4.69) is 10.5 Å². The third-order valence-electron chi connectivity index (χ3n) is 2.59. The molecule has 0 radical (unpaired) electrons. The Hall–Kier alpha value is -1.84. The van der Waals surface area contributed by atoms with Gasteiger partial charge in [0.15, 0.2) is 6.61 Å². The fourth-order valence-corrected chi connectivity index (χ4v) is 1.42. The first-order chi connectivity index (χ1) is 8.25. The van der Waals surface area contributed by atoms with Crippen molar-refractivity contribution < 1.29 is 9.63 Å². The van der Waals surface area contributed by atoms with Gasteiger partial charge in [-0.25, -0.2) is 0 Å². The van der Waals surface area contributed by atoms with Gasteiger partial charge in [-0.15, -0.1) is 0 Å². The summed E-state index contributed by atoms with van der Waals surface area (Å²) >= 11 is 0. The van der Waals surface area contributed by atoms with Crippen molar-refractivity contribution in [3.63, 3.8) is 0 Å². The predicted molar refractivity (Wildman–Crippen MR) is 65.9 cm³/mol. The Morgan fingerprint density at radius 3 is 3.00 bits per heavy atom. The van der Waals surface area contributed by atoms with Crippen LogP contribution in [0.4, 0.5) is 0 Å². The Balaban J connectivity index is 1.73. The molecule has 1 aromatic rings. The van der Waals surface area contributed by atoms with Crippen LogP contribution in [-0.2, 0) is 9.63 Å². The van der Waals surface area contributed by atoms with Crippen LogP contribution in [0.2, 0.25) is 0 Å². The quantitative estimate of drug-likeness (QED) is 0.619. The summed E-state index contributed by atoms with van der Waals surface area (Å²) in [6, 6.07) is 8.23. The maximum Gasteiger partial charge on any atom is 0.260 e. The van der Waals surface area contributed by atoms with Gasteiger partial charge in [0.2, 0.25) is 0 Å². The van der Waals surface area contributed by atoms with Crippen LogP contribution in [0.15, 0.2) is 29.4 Å². The van der Waals surface area contributed by atoms with Gasteiger partial charge in [0, 0.05) is 6.04 Å². The maximum atomic E-state index is 11.3. The van der Waals surface area contributed by atoms with Gasteiger partial charge < -0.3 is 10.2 Å². The average Bonchev–Trinajstić information content (AvgIpc) is 3.10. The number of carbonyl (C=O) groups is 1. The molecule has 1 aromatic carbocycles. The summed E-state index contributed by atoms with van der Waals surface area (Å²) < 4.78 is 0. The molecule has 4 nitrogen and oxygen atoms in total. The van der Waals surface area contributed by atoms with Crippen LogP contribution in [0.1, 0.15) is 24.0 Å². The molecule has 0 bridgehead atoms. The van der Waals surface area contributed by atoms with Crippen molar-refractivity contribution in [1.29, 1.82) is 0 Å². The van der Waals surface area contributed by atoms with Gasteiger partial charge in [0.05, 0.1) is 6.21 Å². The Morgan fingerprint density at radius 2 is 2.29 bits per heavy atom. The van der Waals surface area contributed by atoms with E-state index in [9.17, 15) is 4.79 Å². The zero-order chi connectivity index (χ0) is 12.1. The Labute approximate surface area is 101 Å². The number of nitrogens with zero attached hydrogens (tertiary/aromatic N) is 1. The lowest BCUT2D eigenvalue weighted by Gasteiger charge is -2.01. The summed E-state index contributed by atoms with van der Waals surface area (Å²) in [4.78, 5) is 16.2. The zero-order valence-corrected chi connectivity index (χ0v) is 9.85. The minimum atomic E-state index is -0.102. The maximum absolute atomic E-state index is 11.3. The van der Waals surface area contributed by atoms with E-state index in [1.54, 1.807) is 6.21 Å². The van der Waals surface area contributed by atoms with Crippen molar-refractivity contribution in [3.05, 3.63) is 35.4 Å². The molecule has 0 aromatic heterocycles. The first-order valence-electron chi connectivity index (χ1n) is 5.76. The Bertz CT molecular complexity index is 425. The van der Waals surface area contributed by atoms with Crippen molar-refractivity contribution in [2.45, 2.75) is 25.8 Å². The van der Waals surface area contributed by atoms with Crippen LogP contribution in [0, 0.1) is 6.92 Å². The first-order valence-corrected chi connectivity index (χ1v) is 5.76. The van der Waals surface area contributed by atoms with E-state index >= 15 is 0 Å². The number of amides is 1. The standard InChI is InChI=1S/C13H16N2O2/c1-10-4-2-3-5-11(10)8-14-17-9-13(16)15-12-6-7-12/h2-5,8,12H,6-7,9H2,1H3,(H,15,16)/b14-8+. The summed E-state index contributed by atoms with van der Waals surface area (Å²) in [6.45, 7) is 1.99. The van der Waals surface area contributed by atoms with E-state index in [1.165, 1.54) is 0 Å². The monoisotopic (exact) mass is 232 g/mol. The molecule has 1 fully saturated rings. The summed E-state index contributed by atoms with van der Waals surface area (Å²) in [6.07, 6.45) is 3.79. The number of rotatable bonds is 5. The zero-order valence-electron chi connectivity index (χ0n) is 9.85. The predicted octanol–water partition coefficient (Wildman–Crippen LogP) is 1.62. The molecule has 0 saturated heterocycles. The highest BCUT2D eigenvalue weighted by Crippen LogP contribution is 2.18. The molecule has 4 heteroatoms. The molecule has 1 aliphatic carbocycles. The minimum absolute atomic E-state index is 0.0150. The van der Waals surface area contributed by atoms with Crippen LogP contribution < -0.4 is 5.32 Å². The van der Waals surface area contributed by atoms with E-state index in [0.717, 1.165) is 24.0 Å². The number of carbonyl (C=O) groups excluding carboxylic acids is 1. The second-order valence-electron chi connectivity index (χ2n) is 4.21. The van der Waals surface area contributed by atoms with Crippen molar-refractivity contribution >= 4 is 12.1 Å². The summed E-state index contributed by atoms with van der Waals surface area (Å²) in [5.41, 5.74) is 2.12. The summed E-state index contributed by atoms with van der Waals surface area (Å²) in [5.74, 6) is -0.102. The van der Waals surface area contributed by atoms with Crippen LogP contribution in [0.5, 0.6) is 0 Å². The molecule has 1 aliphatic rings. The molecule has 2 rings (SSSR count). The molecule has 0 unspecified atom stereocenters. The number of nitrogens with one attached hydrogen (secondary N) is 1. The Morgan fingerprint density at radius 1 is 1.53 bits per heavy atom. The van der Waals surface area contributed by atoms with Gasteiger partial charge >= 0.3 is 0 Å². The molecule has 1 saturated carbocycles. The fraction of sp³-hybridized carbons (Fsp3) is 0.385. The molecule has 17 heavy (non-hydrogen) atoms. The number of hydrogen-bond donors (Lipinski definition) is 1. The van der Waals surface area contributed by atoms with E-state index in [1.807, 2.05) is 31.2 Å². The first kappa shape index (κ1) is 11.6. The van der Waals surface area contributed by atoms with Crippen LogP contribution in [0.25, 0.3) is 0 Å². The van der Waals surface area contributed by atoms with Gasteiger partial charge in [-0.05, 0) is 30.9 Å². The average molecular weight is 232 g/mol. The second-order valence-corrected chi connectivity index (χ2v) is 4.21. The van der Waals surface area contributed by atoms with Crippen molar-refractivity contribution in [3.8, 4) is 0 Å². The molecule has 0 heterocycles. The van der Waals surface area contributed by atoms with E-state index in [4.69, 9.17) is 4.84 Å². The largest absolute Gasteiger partial charge is 0.386 e. The molecule has 0 atom stereocenters. The van der Waals surface area contributed by atoms with Gasteiger partial charge in [0.1, 0.15) is 0 Å². The topological polar surface area (TPSA) is 50.7 Å². The molecule has 0 spiro atoms. The highest BCUT2D eigenvalue weighted by atomic mass is 16.6.